The molecule has 0 bridgehead atoms. The van der Waals surface area contributed by atoms with E-state index in [1.165, 1.54) is 37.7 Å². The summed E-state index contributed by atoms with van der Waals surface area (Å²) in [6, 6.07) is 2.79. The smallest absolute Gasteiger partial charge is 0.0934 e. The van der Waals surface area contributed by atoms with Crippen LogP contribution in [0, 0.1) is 5.92 Å². The minimum Gasteiger partial charge on any atom is -0.472 e. The lowest BCUT2D eigenvalue weighted by Gasteiger charge is -2.31. The largest absolute Gasteiger partial charge is 0.472 e. The molecule has 14 heavy (non-hydrogen) atoms. The molecule has 1 aromatic heterocycles. The zero-order valence-corrected chi connectivity index (χ0v) is 8.83. The van der Waals surface area contributed by atoms with Crippen molar-refractivity contribution in [2.75, 3.05) is 7.05 Å². The summed E-state index contributed by atoms with van der Waals surface area (Å²) in [6.07, 6.45) is 10.3. The van der Waals surface area contributed by atoms with Gasteiger partial charge in [-0.15, -0.1) is 0 Å². The summed E-state index contributed by atoms with van der Waals surface area (Å²) < 4.78 is 5.10. The van der Waals surface area contributed by atoms with E-state index < -0.39 is 0 Å². The highest BCUT2D eigenvalue weighted by molar-refractivity contribution is 5.07. The first-order chi connectivity index (χ1) is 6.90. The Morgan fingerprint density at radius 2 is 2.29 bits per heavy atom. The van der Waals surface area contributed by atoms with Crippen molar-refractivity contribution in [3.8, 4) is 0 Å². The van der Waals surface area contributed by atoms with E-state index in [4.69, 9.17) is 4.42 Å². The normalized spacial score (nSPS) is 27.8. The fourth-order valence-electron chi connectivity index (χ4n) is 2.54. The predicted molar refractivity (Wildman–Crippen MR) is 57.2 cm³/mol. The predicted octanol–water partition coefficient (Wildman–Crippen LogP) is 2.60. The minimum atomic E-state index is 0.707. The van der Waals surface area contributed by atoms with Crippen molar-refractivity contribution in [1.29, 1.82) is 0 Å². The first-order valence-electron chi connectivity index (χ1n) is 5.58. The van der Waals surface area contributed by atoms with Gasteiger partial charge in [-0.05, 0) is 43.9 Å². The van der Waals surface area contributed by atoms with E-state index in [9.17, 15) is 0 Å². The maximum absolute atomic E-state index is 5.10. The van der Waals surface area contributed by atoms with Gasteiger partial charge >= 0.3 is 0 Å². The summed E-state index contributed by atoms with van der Waals surface area (Å²) >= 11 is 0. The first kappa shape index (κ1) is 9.78. The van der Waals surface area contributed by atoms with E-state index in [2.05, 4.69) is 18.4 Å². The quantitative estimate of drug-likeness (QED) is 0.798. The Labute approximate surface area is 85.7 Å². The maximum Gasteiger partial charge on any atom is 0.0934 e. The maximum atomic E-state index is 5.10. The van der Waals surface area contributed by atoms with Gasteiger partial charge in [0.1, 0.15) is 0 Å². The number of rotatable bonds is 3. The van der Waals surface area contributed by atoms with Crippen LogP contribution in [0.2, 0.25) is 0 Å². The molecular formula is C12H19NO. The van der Waals surface area contributed by atoms with Gasteiger partial charge in [0.2, 0.25) is 0 Å². The highest BCUT2D eigenvalue weighted by Crippen LogP contribution is 2.27. The summed E-state index contributed by atoms with van der Waals surface area (Å²) in [7, 11) is 2.08. The van der Waals surface area contributed by atoms with Crippen LogP contribution in [0.5, 0.6) is 0 Å². The molecule has 2 atom stereocenters. The molecule has 78 valence electrons. The number of hydrogen-bond donors (Lipinski definition) is 1. The molecule has 0 aromatic carbocycles. The molecule has 2 rings (SSSR count). The second-order valence-electron chi connectivity index (χ2n) is 4.28. The van der Waals surface area contributed by atoms with Gasteiger partial charge in [0.15, 0.2) is 0 Å². The van der Waals surface area contributed by atoms with Crippen molar-refractivity contribution in [2.45, 2.75) is 38.1 Å². The molecule has 1 N–H and O–H groups in total. The SMILES string of the molecule is CNC1CCCCC1Cc1ccoc1. The van der Waals surface area contributed by atoms with E-state index in [0.717, 1.165) is 5.92 Å². The highest BCUT2D eigenvalue weighted by Gasteiger charge is 2.23. The molecule has 1 saturated carbocycles. The van der Waals surface area contributed by atoms with E-state index in [0.29, 0.717) is 6.04 Å². The van der Waals surface area contributed by atoms with E-state index in [-0.39, 0.29) is 0 Å². The van der Waals surface area contributed by atoms with Gasteiger partial charge in [0.25, 0.3) is 0 Å². The molecule has 0 saturated heterocycles. The third-order valence-electron chi connectivity index (χ3n) is 3.36. The molecule has 2 nitrogen and oxygen atoms in total. The van der Waals surface area contributed by atoms with Gasteiger partial charge in [-0.3, -0.25) is 0 Å². The Balaban J connectivity index is 1.94. The topological polar surface area (TPSA) is 25.2 Å². The van der Waals surface area contributed by atoms with Crippen LogP contribution in [0.25, 0.3) is 0 Å². The van der Waals surface area contributed by atoms with E-state index >= 15 is 0 Å². The summed E-state index contributed by atoms with van der Waals surface area (Å²) in [6.45, 7) is 0. The van der Waals surface area contributed by atoms with E-state index in [1.807, 2.05) is 6.26 Å². The van der Waals surface area contributed by atoms with Crippen LogP contribution in [-0.2, 0) is 6.42 Å². The van der Waals surface area contributed by atoms with Crippen molar-refractivity contribution in [3.63, 3.8) is 0 Å². The average molecular weight is 193 g/mol. The molecule has 1 aromatic rings. The lowest BCUT2D eigenvalue weighted by Crippen LogP contribution is -2.37. The summed E-state index contributed by atoms with van der Waals surface area (Å²) in [4.78, 5) is 0. The molecule has 0 spiro atoms. The molecule has 0 aliphatic heterocycles. The van der Waals surface area contributed by atoms with Crippen LogP contribution in [0.1, 0.15) is 31.2 Å². The van der Waals surface area contributed by atoms with Crippen molar-refractivity contribution in [2.24, 2.45) is 5.92 Å². The number of hydrogen-bond acceptors (Lipinski definition) is 2. The molecule has 1 aliphatic rings. The Bertz CT molecular complexity index is 255. The van der Waals surface area contributed by atoms with Crippen LogP contribution in [0.4, 0.5) is 0 Å². The lowest BCUT2D eigenvalue weighted by atomic mass is 9.81. The van der Waals surface area contributed by atoms with Crippen molar-refractivity contribution in [3.05, 3.63) is 24.2 Å². The zero-order chi connectivity index (χ0) is 9.80. The van der Waals surface area contributed by atoms with Crippen LogP contribution in [-0.4, -0.2) is 13.1 Å². The first-order valence-corrected chi connectivity index (χ1v) is 5.58. The van der Waals surface area contributed by atoms with Gasteiger partial charge in [0, 0.05) is 6.04 Å². The summed E-state index contributed by atoms with van der Waals surface area (Å²) in [5.41, 5.74) is 1.34. The molecular weight excluding hydrogens is 174 g/mol. The monoisotopic (exact) mass is 193 g/mol. The summed E-state index contributed by atoms with van der Waals surface area (Å²) in [5, 5.41) is 3.44. The Hall–Kier alpha value is -0.760. The second kappa shape index (κ2) is 4.65. The summed E-state index contributed by atoms with van der Waals surface area (Å²) in [5.74, 6) is 0.798. The molecule has 1 aliphatic carbocycles. The van der Waals surface area contributed by atoms with Crippen molar-refractivity contribution in [1.82, 2.24) is 5.32 Å². The molecule has 2 unspecified atom stereocenters. The third-order valence-corrected chi connectivity index (χ3v) is 3.36. The number of nitrogens with one attached hydrogen (secondary N) is 1. The fourth-order valence-corrected chi connectivity index (χ4v) is 2.54. The zero-order valence-electron chi connectivity index (χ0n) is 8.83. The second-order valence-corrected chi connectivity index (χ2v) is 4.28. The molecule has 0 radical (unpaired) electrons. The molecule has 0 amide bonds. The molecule has 2 heteroatoms. The van der Waals surface area contributed by atoms with Crippen molar-refractivity contribution < 1.29 is 4.42 Å². The van der Waals surface area contributed by atoms with Gasteiger partial charge in [-0.1, -0.05) is 12.8 Å². The Morgan fingerprint density at radius 3 is 3.00 bits per heavy atom. The van der Waals surface area contributed by atoms with Gasteiger partial charge in [-0.2, -0.15) is 0 Å². The molecule has 1 fully saturated rings. The van der Waals surface area contributed by atoms with Crippen LogP contribution < -0.4 is 5.32 Å². The van der Waals surface area contributed by atoms with Gasteiger partial charge in [-0.25, -0.2) is 0 Å². The third kappa shape index (κ3) is 2.18. The standard InChI is InChI=1S/C12H19NO/c1-13-12-5-3-2-4-11(12)8-10-6-7-14-9-10/h6-7,9,11-13H,2-5,8H2,1H3. The fraction of sp³-hybridized carbons (Fsp3) is 0.667. The van der Waals surface area contributed by atoms with Crippen molar-refractivity contribution >= 4 is 0 Å². The van der Waals surface area contributed by atoms with E-state index in [1.54, 1.807) is 6.26 Å². The Morgan fingerprint density at radius 1 is 1.43 bits per heavy atom. The van der Waals surface area contributed by atoms with Crippen LogP contribution in [0.3, 0.4) is 0 Å². The minimum absolute atomic E-state index is 0.707. The Kier molecular flexibility index (Phi) is 3.25. The van der Waals surface area contributed by atoms with Gasteiger partial charge in [0.05, 0.1) is 12.5 Å². The number of furan rings is 1. The van der Waals surface area contributed by atoms with Gasteiger partial charge < -0.3 is 9.73 Å². The highest BCUT2D eigenvalue weighted by atomic mass is 16.3. The van der Waals surface area contributed by atoms with Crippen LogP contribution >= 0.6 is 0 Å². The molecule has 1 heterocycles. The average Bonchev–Trinajstić information content (AvgIpc) is 2.71. The lowest BCUT2D eigenvalue weighted by molar-refractivity contribution is 0.272. The van der Waals surface area contributed by atoms with Crippen LogP contribution in [0.15, 0.2) is 23.0 Å².